The van der Waals surface area contributed by atoms with Gasteiger partial charge in [-0.25, -0.2) is 4.39 Å². The molecule has 1 aromatic heterocycles. The SMILES string of the molecule is N#CC(C#N)=CNc1ccc(OCc2ccco2)c(F)c1. The monoisotopic (exact) mass is 283 g/mol. The molecule has 0 amide bonds. The lowest BCUT2D eigenvalue weighted by Crippen LogP contribution is -1.97. The number of hydrogen-bond acceptors (Lipinski definition) is 5. The van der Waals surface area contributed by atoms with Crippen molar-refractivity contribution in [1.82, 2.24) is 0 Å². The Kier molecular flexibility index (Phi) is 4.58. The standard InChI is InChI=1S/C15H10FN3O2/c16-14-6-12(19-9-11(7-17)8-18)3-4-15(14)21-10-13-2-1-5-20-13/h1-6,9,19H,10H2. The first-order valence-corrected chi connectivity index (χ1v) is 5.94. The maximum absolute atomic E-state index is 13.8. The predicted molar refractivity (Wildman–Crippen MR) is 72.4 cm³/mol. The van der Waals surface area contributed by atoms with Crippen LogP contribution < -0.4 is 10.1 Å². The van der Waals surface area contributed by atoms with Crippen LogP contribution in [0.3, 0.4) is 0 Å². The highest BCUT2D eigenvalue weighted by Gasteiger charge is 2.06. The Hall–Kier alpha value is -3.25. The average Bonchev–Trinajstić information content (AvgIpc) is 3.01. The summed E-state index contributed by atoms with van der Waals surface area (Å²) in [4.78, 5) is 0. The molecular formula is C15H10FN3O2. The van der Waals surface area contributed by atoms with Gasteiger partial charge in [-0.2, -0.15) is 10.5 Å². The number of nitrogens with one attached hydrogen (secondary N) is 1. The molecule has 6 heteroatoms. The van der Waals surface area contributed by atoms with Gasteiger partial charge in [0.25, 0.3) is 0 Å². The molecule has 1 heterocycles. The molecule has 0 aliphatic heterocycles. The number of hydrogen-bond donors (Lipinski definition) is 1. The van der Waals surface area contributed by atoms with Gasteiger partial charge in [-0.1, -0.05) is 0 Å². The average molecular weight is 283 g/mol. The third kappa shape index (κ3) is 3.85. The van der Waals surface area contributed by atoms with Crippen LogP contribution in [0.5, 0.6) is 5.75 Å². The van der Waals surface area contributed by atoms with E-state index in [1.807, 2.05) is 0 Å². The van der Waals surface area contributed by atoms with E-state index in [9.17, 15) is 4.39 Å². The van der Waals surface area contributed by atoms with Crippen LogP contribution in [0, 0.1) is 28.5 Å². The third-order valence-corrected chi connectivity index (χ3v) is 2.51. The zero-order valence-electron chi connectivity index (χ0n) is 10.8. The van der Waals surface area contributed by atoms with Crippen LogP contribution >= 0.6 is 0 Å². The van der Waals surface area contributed by atoms with E-state index in [1.54, 1.807) is 30.3 Å². The van der Waals surface area contributed by atoms with Crippen LogP contribution in [0.1, 0.15) is 5.76 Å². The summed E-state index contributed by atoms with van der Waals surface area (Å²) < 4.78 is 24.2. The molecule has 2 aromatic rings. The number of halogens is 1. The van der Waals surface area contributed by atoms with Gasteiger partial charge in [0.05, 0.1) is 6.26 Å². The Balaban J connectivity index is 2.02. The van der Waals surface area contributed by atoms with Gasteiger partial charge in [-0.05, 0) is 24.3 Å². The van der Waals surface area contributed by atoms with Gasteiger partial charge in [0.2, 0.25) is 0 Å². The van der Waals surface area contributed by atoms with Crippen molar-refractivity contribution in [3.63, 3.8) is 0 Å². The van der Waals surface area contributed by atoms with E-state index in [-0.39, 0.29) is 17.9 Å². The number of nitriles is 2. The van der Waals surface area contributed by atoms with E-state index in [2.05, 4.69) is 5.32 Å². The van der Waals surface area contributed by atoms with Crippen LogP contribution in [0.15, 0.2) is 52.8 Å². The second kappa shape index (κ2) is 6.78. The number of furan rings is 1. The highest BCUT2D eigenvalue weighted by molar-refractivity contribution is 5.51. The lowest BCUT2D eigenvalue weighted by atomic mass is 10.3. The van der Waals surface area contributed by atoms with Crippen molar-refractivity contribution in [2.24, 2.45) is 0 Å². The maximum Gasteiger partial charge on any atom is 0.167 e. The van der Waals surface area contributed by atoms with Crippen LogP contribution in [0.25, 0.3) is 0 Å². The van der Waals surface area contributed by atoms with E-state index in [0.717, 1.165) is 0 Å². The smallest absolute Gasteiger partial charge is 0.167 e. The van der Waals surface area contributed by atoms with Crippen LogP contribution in [0.2, 0.25) is 0 Å². The van der Waals surface area contributed by atoms with Gasteiger partial charge in [0.15, 0.2) is 11.6 Å². The topological polar surface area (TPSA) is 82.0 Å². The van der Waals surface area contributed by atoms with Crippen LogP contribution in [-0.2, 0) is 6.61 Å². The molecule has 0 fully saturated rings. The molecule has 21 heavy (non-hydrogen) atoms. The van der Waals surface area contributed by atoms with Crippen molar-refractivity contribution in [2.75, 3.05) is 5.32 Å². The number of ether oxygens (including phenoxy) is 1. The molecule has 0 aliphatic carbocycles. The number of rotatable bonds is 5. The highest BCUT2D eigenvalue weighted by Crippen LogP contribution is 2.22. The fraction of sp³-hybridized carbons (Fsp3) is 0.0667. The van der Waals surface area contributed by atoms with Gasteiger partial charge in [-0.3, -0.25) is 0 Å². The fourth-order valence-electron chi connectivity index (χ4n) is 1.50. The van der Waals surface area contributed by atoms with Gasteiger partial charge < -0.3 is 14.5 Å². The van der Waals surface area contributed by atoms with Crippen molar-refractivity contribution < 1.29 is 13.5 Å². The molecule has 0 saturated carbocycles. The molecule has 2 rings (SSSR count). The van der Waals surface area contributed by atoms with E-state index in [4.69, 9.17) is 19.7 Å². The highest BCUT2D eigenvalue weighted by atomic mass is 19.1. The van der Waals surface area contributed by atoms with Gasteiger partial charge in [0, 0.05) is 18.0 Å². The number of allylic oxidation sites excluding steroid dienone is 1. The Bertz CT molecular complexity index is 708. The molecule has 0 atom stereocenters. The van der Waals surface area contributed by atoms with Gasteiger partial charge >= 0.3 is 0 Å². The maximum atomic E-state index is 13.8. The molecule has 0 bridgehead atoms. The summed E-state index contributed by atoms with van der Waals surface area (Å²) in [6, 6.07) is 11.1. The lowest BCUT2D eigenvalue weighted by Gasteiger charge is -2.07. The fourth-order valence-corrected chi connectivity index (χ4v) is 1.50. The van der Waals surface area contributed by atoms with Crippen LogP contribution in [0.4, 0.5) is 10.1 Å². The predicted octanol–water partition coefficient (Wildman–Crippen LogP) is 3.34. The molecule has 1 aromatic carbocycles. The second-order valence-electron chi connectivity index (χ2n) is 3.94. The largest absolute Gasteiger partial charge is 0.483 e. The van der Waals surface area contributed by atoms with Crippen molar-refractivity contribution in [3.05, 3.63) is 59.9 Å². The molecule has 0 aliphatic rings. The summed E-state index contributed by atoms with van der Waals surface area (Å²) in [5, 5.41) is 19.8. The minimum atomic E-state index is -0.560. The normalized spacial score (nSPS) is 9.29. The quantitative estimate of drug-likeness (QED) is 0.851. The van der Waals surface area contributed by atoms with E-state index >= 15 is 0 Å². The molecule has 0 radical (unpaired) electrons. The minimum Gasteiger partial charge on any atom is -0.483 e. The molecule has 104 valence electrons. The summed E-state index contributed by atoms with van der Waals surface area (Å²) in [6.07, 6.45) is 2.72. The molecule has 5 nitrogen and oxygen atoms in total. The summed E-state index contributed by atoms with van der Waals surface area (Å²) in [6.45, 7) is 0.129. The van der Waals surface area contributed by atoms with E-state index in [0.29, 0.717) is 11.4 Å². The zero-order valence-corrected chi connectivity index (χ0v) is 10.8. The Morgan fingerprint density at radius 1 is 1.33 bits per heavy atom. The minimum absolute atomic E-state index is 0.0849. The van der Waals surface area contributed by atoms with Crippen molar-refractivity contribution in [2.45, 2.75) is 6.61 Å². The Labute approximate surface area is 120 Å². The molecular weight excluding hydrogens is 273 g/mol. The first kappa shape index (κ1) is 14.2. The number of anilines is 1. The van der Waals surface area contributed by atoms with Crippen molar-refractivity contribution in [1.29, 1.82) is 10.5 Å². The van der Waals surface area contributed by atoms with Crippen molar-refractivity contribution in [3.8, 4) is 17.9 Å². The van der Waals surface area contributed by atoms with Crippen molar-refractivity contribution >= 4 is 5.69 Å². The van der Waals surface area contributed by atoms with Gasteiger partial charge in [-0.15, -0.1) is 0 Å². The number of nitrogens with zero attached hydrogens (tertiary/aromatic N) is 2. The van der Waals surface area contributed by atoms with E-state index in [1.165, 1.54) is 24.6 Å². The summed E-state index contributed by atoms with van der Waals surface area (Å²) >= 11 is 0. The van der Waals surface area contributed by atoms with Gasteiger partial charge in [0.1, 0.15) is 30.1 Å². The number of benzene rings is 1. The Morgan fingerprint density at radius 3 is 2.76 bits per heavy atom. The molecule has 0 spiro atoms. The molecule has 0 saturated heterocycles. The lowest BCUT2D eigenvalue weighted by molar-refractivity contribution is 0.259. The summed E-state index contributed by atoms with van der Waals surface area (Å²) in [5.41, 5.74) is 0.300. The van der Waals surface area contributed by atoms with E-state index < -0.39 is 5.82 Å². The zero-order chi connectivity index (χ0) is 15.1. The third-order valence-electron chi connectivity index (χ3n) is 2.51. The first-order valence-electron chi connectivity index (χ1n) is 5.94. The first-order chi connectivity index (χ1) is 10.2. The molecule has 0 unspecified atom stereocenters. The molecule has 1 N–H and O–H groups in total. The second-order valence-corrected chi connectivity index (χ2v) is 3.94. The van der Waals surface area contributed by atoms with Crippen LogP contribution in [-0.4, -0.2) is 0 Å². The Morgan fingerprint density at radius 2 is 2.14 bits per heavy atom. The summed E-state index contributed by atoms with van der Waals surface area (Å²) in [5.74, 6) is 0.115. The summed E-state index contributed by atoms with van der Waals surface area (Å²) in [7, 11) is 0.